The number of hydrogen-bond acceptors (Lipinski definition) is 4. The molecular weight excluding hydrogens is 327 g/mol. The van der Waals surface area contributed by atoms with E-state index in [0.717, 1.165) is 34.1 Å². The van der Waals surface area contributed by atoms with Gasteiger partial charge >= 0.3 is 0 Å². The summed E-state index contributed by atoms with van der Waals surface area (Å²) < 4.78 is 20.4. The lowest BCUT2D eigenvalue weighted by atomic mass is 10.3. The van der Waals surface area contributed by atoms with Gasteiger partial charge in [0.15, 0.2) is 5.16 Å². The van der Waals surface area contributed by atoms with Gasteiger partial charge in [0.05, 0.1) is 17.6 Å². The van der Waals surface area contributed by atoms with Crippen molar-refractivity contribution >= 4 is 28.6 Å². The van der Waals surface area contributed by atoms with Gasteiger partial charge in [0, 0.05) is 5.75 Å². The van der Waals surface area contributed by atoms with E-state index in [4.69, 9.17) is 4.74 Å². The van der Waals surface area contributed by atoms with Crippen LogP contribution in [0, 0.1) is 5.82 Å². The second kappa shape index (κ2) is 6.52. The molecule has 0 unspecified atom stereocenters. The van der Waals surface area contributed by atoms with Crippen LogP contribution in [0.4, 0.5) is 4.39 Å². The van der Waals surface area contributed by atoms with Crippen LogP contribution in [-0.4, -0.2) is 31.9 Å². The number of hydrogen-bond donors (Lipinski definition) is 1. The smallest absolute Gasteiger partial charge is 0.231 e. The predicted molar refractivity (Wildman–Crippen MR) is 92.1 cm³/mol. The number of aromatic amines is 1. The fourth-order valence-electron chi connectivity index (χ4n) is 2.48. The Morgan fingerprint density at radius 1 is 1.12 bits per heavy atom. The first-order chi connectivity index (χ1) is 11.8. The number of para-hydroxylation sites is 2. The van der Waals surface area contributed by atoms with Gasteiger partial charge in [0.2, 0.25) is 5.78 Å². The Labute approximate surface area is 141 Å². The highest BCUT2D eigenvalue weighted by molar-refractivity contribution is 7.99. The quantitative estimate of drug-likeness (QED) is 0.426. The highest BCUT2D eigenvalue weighted by atomic mass is 32.2. The van der Waals surface area contributed by atoms with Crippen molar-refractivity contribution < 1.29 is 9.13 Å². The first kappa shape index (κ1) is 15.0. The molecule has 0 aliphatic carbocycles. The largest absolute Gasteiger partial charge is 0.494 e. The van der Waals surface area contributed by atoms with Crippen LogP contribution in [0.5, 0.6) is 5.75 Å². The van der Waals surface area contributed by atoms with Crippen LogP contribution in [0.2, 0.25) is 0 Å². The van der Waals surface area contributed by atoms with Gasteiger partial charge in [-0.05, 0) is 42.8 Å². The highest BCUT2D eigenvalue weighted by Crippen LogP contribution is 2.23. The Bertz CT molecular complexity index is 964. The van der Waals surface area contributed by atoms with Gasteiger partial charge in [0.1, 0.15) is 11.6 Å². The molecule has 7 heteroatoms. The average Bonchev–Trinajstić information content (AvgIpc) is 3.16. The van der Waals surface area contributed by atoms with Gasteiger partial charge < -0.3 is 4.74 Å². The molecule has 5 nitrogen and oxygen atoms in total. The Hall–Kier alpha value is -2.54. The number of thioether (sulfide) groups is 1. The maximum absolute atomic E-state index is 12.8. The van der Waals surface area contributed by atoms with Crippen molar-refractivity contribution in [3.05, 3.63) is 54.3 Å². The minimum absolute atomic E-state index is 0.256. The maximum atomic E-state index is 12.8. The molecule has 0 atom stereocenters. The summed E-state index contributed by atoms with van der Waals surface area (Å²) in [7, 11) is 0. The topological polar surface area (TPSA) is 55.2 Å². The van der Waals surface area contributed by atoms with Crippen LogP contribution >= 0.6 is 11.8 Å². The molecule has 0 aliphatic heterocycles. The molecule has 0 amide bonds. The van der Waals surface area contributed by atoms with Crippen LogP contribution in [0.3, 0.4) is 0 Å². The first-order valence-electron chi connectivity index (χ1n) is 7.64. The third-order valence-electron chi connectivity index (χ3n) is 3.61. The average molecular weight is 342 g/mol. The van der Waals surface area contributed by atoms with Crippen LogP contribution in [-0.2, 0) is 0 Å². The number of aromatic nitrogens is 4. The zero-order valence-corrected chi connectivity index (χ0v) is 13.6. The summed E-state index contributed by atoms with van der Waals surface area (Å²) in [6.07, 6.45) is 0.864. The zero-order chi connectivity index (χ0) is 16.4. The van der Waals surface area contributed by atoms with E-state index in [2.05, 4.69) is 15.2 Å². The molecule has 122 valence electrons. The van der Waals surface area contributed by atoms with E-state index in [-0.39, 0.29) is 5.82 Å². The Morgan fingerprint density at radius 3 is 2.83 bits per heavy atom. The highest BCUT2D eigenvalue weighted by Gasteiger charge is 2.11. The molecule has 0 bridgehead atoms. The summed E-state index contributed by atoms with van der Waals surface area (Å²) in [6, 6.07) is 14.1. The van der Waals surface area contributed by atoms with Crippen LogP contribution < -0.4 is 4.74 Å². The first-order valence-corrected chi connectivity index (χ1v) is 8.62. The SMILES string of the molecule is Fc1ccc(OCCCSc2n[nH]c3nc4ccccc4n23)cc1. The van der Waals surface area contributed by atoms with E-state index < -0.39 is 0 Å². The number of ether oxygens (including phenoxy) is 1. The summed E-state index contributed by atoms with van der Waals surface area (Å²) in [5.41, 5.74) is 2.00. The maximum Gasteiger partial charge on any atom is 0.231 e. The van der Waals surface area contributed by atoms with Gasteiger partial charge in [-0.3, -0.25) is 4.40 Å². The number of H-pyrrole nitrogens is 1. The summed E-state index contributed by atoms with van der Waals surface area (Å²) in [4.78, 5) is 4.50. The molecule has 2 aromatic heterocycles. The molecule has 0 aliphatic rings. The normalized spacial score (nSPS) is 11.4. The fourth-order valence-corrected chi connectivity index (χ4v) is 3.35. The molecule has 0 spiro atoms. The van der Waals surface area contributed by atoms with Gasteiger partial charge in [-0.1, -0.05) is 23.9 Å². The van der Waals surface area contributed by atoms with Gasteiger partial charge in [-0.25, -0.2) is 14.5 Å². The van der Waals surface area contributed by atoms with Gasteiger partial charge in [0.25, 0.3) is 0 Å². The minimum atomic E-state index is -0.256. The number of fused-ring (bicyclic) bond motifs is 3. The van der Waals surface area contributed by atoms with Crippen molar-refractivity contribution in [2.24, 2.45) is 0 Å². The van der Waals surface area contributed by atoms with E-state index in [0.29, 0.717) is 12.4 Å². The number of halogens is 1. The lowest BCUT2D eigenvalue weighted by molar-refractivity contribution is 0.318. The number of rotatable bonds is 6. The number of nitrogens with one attached hydrogen (secondary N) is 1. The van der Waals surface area contributed by atoms with Crippen molar-refractivity contribution in [3.63, 3.8) is 0 Å². The van der Waals surface area contributed by atoms with Crippen molar-refractivity contribution in [1.82, 2.24) is 19.6 Å². The third kappa shape index (κ3) is 2.94. The number of nitrogens with zero attached hydrogens (tertiary/aromatic N) is 3. The van der Waals surface area contributed by atoms with Crippen LogP contribution in [0.15, 0.2) is 53.7 Å². The lowest BCUT2D eigenvalue weighted by Crippen LogP contribution is -1.99. The number of imidazole rings is 1. The van der Waals surface area contributed by atoms with Gasteiger partial charge in [-0.2, -0.15) is 0 Å². The van der Waals surface area contributed by atoms with E-state index in [1.165, 1.54) is 12.1 Å². The molecule has 24 heavy (non-hydrogen) atoms. The van der Waals surface area contributed by atoms with E-state index >= 15 is 0 Å². The molecule has 0 saturated carbocycles. The van der Waals surface area contributed by atoms with Crippen molar-refractivity contribution in [3.8, 4) is 5.75 Å². The predicted octanol–water partition coefficient (Wildman–Crippen LogP) is 3.91. The molecule has 0 fully saturated rings. The van der Waals surface area contributed by atoms with Crippen molar-refractivity contribution in [2.45, 2.75) is 11.6 Å². The summed E-state index contributed by atoms with van der Waals surface area (Å²) >= 11 is 1.65. The Kier molecular flexibility index (Phi) is 4.08. The zero-order valence-electron chi connectivity index (χ0n) is 12.8. The monoisotopic (exact) mass is 342 g/mol. The molecule has 4 rings (SSSR count). The van der Waals surface area contributed by atoms with E-state index in [1.54, 1.807) is 23.9 Å². The number of benzene rings is 2. The Balaban J connectivity index is 1.36. The molecule has 0 radical (unpaired) electrons. The molecule has 1 N–H and O–H groups in total. The summed E-state index contributed by atoms with van der Waals surface area (Å²) in [5, 5.41) is 8.18. The second-order valence-corrected chi connectivity index (χ2v) is 6.33. The molecule has 2 aromatic carbocycles. The van der Waals surface area contributed by atoms with Crippen LogP contribution in [0.1, 0.15) is 6.42 Å². The van der Waals surface area contributed by atoms with Crippen LogP contribution in [0.25, 0.3) is 16.8 Å². The van der Waals surface area contributed by atoms with Crippen molar-refractivity contribution in [1.29, 1.82) is 0 Å². The Morgan fingerprint density at radius 2 is 1.96 bits per heavy atom. The molecule has 2 heterocycles. The van der Waals surface area contributed by atoms with Gasteiger partial charge in [-0.15, -0.1) is 5.10 Å². The van der Waals surface area contributed by atoms with E-state index in [1.807, 2.05) is 28.7 Å². The fraction of sp³-hybridized carbons (Fsp3) is 0.176. The third-order valence-corrected chi connectivity index (χ3v) is 4.63. The van der Waals surface area contributed by atoms with Crippen molar-refractivity contribution in [2.75, 3.05) is 12.4 Å². The summed E-state index contributed by atoms with van der Waals surface area (Å²) in [6.45, 7) is 0.580. The standard InChI is InChI=1S/C17H15FN4OS/c18-12-6-8-13(9-7-12)23-10-3-11-24-17-21-20-16-19-14-4-1-2-5-15(14)22(16)17/h1-2,4-9H,3,10-11H2,(H,19,20). The van der Waals surface area contributed by atoms with E-state index in [9.17, 15) is 4.39 Å². The molecule has 4 aromatic rings. The summed E-state index contributed by atoms with van der Waals surface area (Å²) in [5.74, 6) is 2.05. The minimum Gasteiger partial charge on any atom is -0.494 e. The second-order valence-electron chi connectivity index (χ2n) is 5.27. The molecular formula is C17H15FN4OS. The molecule has 0 saturated heterocycles. The lowest BCUT2D eigenvalue weighted by Gasteiger charge is -2.05.